The first kappa shape index (κ1) is 25.7. The van der Waals surface area contributed by atoms with E-state index in [9.17, 15) is 18.7 Å². The van der Waals surface area contributed by atoms with Gasteiger partial charge in [0.25, 0.3) is 11.8 Å². The summed E-state index contributed by atoms with van der Waals surface area (Å²) in [6.07, 6.45) is -1.79. The van der Waals surface area contributed by atoms with Gasteiger partial charge in [0.2, 0.25) is 0 Å². The molecule has 36 heavy (non-hydrogen) atoms. The first-order chi connectivity index (χ1) is 17.0. The highest BCUT2D eigenvalue weighted by Crippen LogP contribution is 2.33. The molecular weight excluding hydrogens is 486 g/mol. The highest BCUT2D eigenvalue weighted by Gasteiger charge is 2.37. The second-order valence-corrected chi connectivity index (χ2v) is 9.90. The standard InChI is InChI=1S/C27H27ClF2N4O2/c1-17(35)27(29,30)20-11-8-18(9-12-20)15-31-25(36)19-10-13-24-23(14-19)32-33-34(24)16-26(2,3)21-6-4-5-7-22(21)28/h4-14,17,35H,15-16H2,1-3H3,(H,31,36)/t17-/m0/s1. The molecule has 4 aromatic rings. The number of halogens is 3. The molecular formula is C27H27ClF2N4O2. The molecule has 0 radical (unpaired) electrons. The van der Waals surface area contributed by atoms with Crippen molar-refractivity contribution in [1.82, 2.24) is 20.3 Å². The molecule has 1 amide bonds. The first-order valence-corrected chi connectivity index (χ1v) is 11.9. The van der Waals surface area contributed by atoms with E-state index in [0.29, 0.717) is 28.2 Å². The number of fused-ring (bicyclic) bond motifs is 1. The smallest absolute Gasteiger partial charge is 0.298 e. The van der Waals surface area contributed by atoms with Crippen molar-refractivity contribution >= 4 is 28.5 Å². The zero-order chi connectivity index (χ0) is 26.1. The van der Waals surface area contributed by atoms with E-state index >= 15 is 0 Å². The lowest BCUT2D eigenvalue weighted by molar-refractivity contribution is -0.106. The van der Waals surface area contributed by atoms with Gasteiger partial charge in [-0.05, 0) is 42.3 Å². The van der Waals surface area contributed by atoms with Gasteiger partial charge in [-0.3, -0.25) is 4.79 Å². The summed E-state index contributed by atoms with van der Waals surface area (Å²) in [6, 6.07) is 18.4. The van der Waals surface area contributed by atoms with Crippen LogP contribution in [-0.4, -0.2) is 32.1 Å². The number of alkyl halides is 2. The minimum atomic E-state index is -3.34. The van der Waals surface area contributed by atoms with Crippen molar-refractivity contribution in [3.63, 3.8) is 0 Å². The lowest BCUT2D eigenvalue weighted by Gasteiger charge is -2.26. The maximum Gasteiger partial charge on any atom is 0.298 e. The summed E-state index contributed by atoms with van der Waals surface area (Å²) >= 11 is 6.40. The predicted molar refractivity (Wildman–Crippen MR) is 135 cm³/mol. The van der Waals surface area contributed by atoms with Crippen LogP contribution >= 0.6 is 11.6 Å². The van der Waals surface area contributed by atoms with Crippen LogP contribution in [0.15, 0.2) is 66.7 Å². The van der Waals surface area contributed by atoms with Crippen molar-refractivity contribution in [3.05, 3.63) is 94.0 Å². The minimum absolute atomic E-state index is 0.163. The number of aliphatic hydroxyl groups excluding tert-OH is 1. The number of aliphatic hydroxyl groups is 1. The molecule has 1 aromatic heterocycles. The van der Waals surface area contributed by atoms with Gasteiger partial charge >= 0.3 is 0 Å². The van der Waals surface area contributed by atoms with Crippen LogP contribution in [0.1, 0.15) is 47.8 Å². The molecule has 0 bridgehead atoms. The fourth-order valence-electron chi connectivity index (χ4n) is 4.07. The van der Waals surface area contributed by atoms with E-state index in [-0.39, 0.29) is 23.4 Å². The van der Waals surface area contributed by atoms with Crippen LogP contribution in [0.5, 0.6) is 0 Å². The van der Waals surface area contributed by atoms with Gasteiger partial charge in [-0.2, -0.15) is 8.78 Å². The van der Waals surface area contributed by atoms with Gasteiger partial charge in [-0.1, -0.05) is 73.1 Å². The molecule has 1 heterocycles. The lowest BCUT2D eigenvalue weighted by atomic mass is 9.84. The van der Waals surface area contributed by atoms with Gasteiger partial charge in [0.15, 0.2) is 0 Å². The van der Waals surface area contributed by atoms with Gasteiger partial charge in [0.05, 0.1) is 12.1 Å². The molecule has 0 saturated heterocycles. The summed E-state index contributed by atoms with van der Waals surface area (Å²) in [6.45, 7) is 5.92. The van der Waals surface area contributed by atoms with E-state index in [1.165, 1.54) is 24.3 Å². The summed E-state index contributed by atoms with van der Waals surface area (Å²) < 4.78 is 29.7. The number of aromatic nitrogens is 3. The van der Waals surface area contributed by atoms with Crippen LogP contribution < -0.4 is 5.32 Å². The third-order valence-corrected chi connectivity index (χ3v) is 6.57. The van der Waals surface area contributed by atoms with Crippen molar-refractivity contribution in [1.29, 1.82) is 0 Å². The Morgan fingerprint density at radius 2 is 1.81 bits per heavy atom. The Bertz CT molecular complexity index is 1380. The van der Waals surface area contributed by atoms with Crippen LogP contribution in [0.3, 0.4) is 0 Å². The van der Waals surface area contributed by atoms with E-state index in [1.54, 1.807) is 22.9 Å². The Balaban J connectivity index is 1.44. The van der Waals surface area contributed by atoms with Crippen molar-refractivity contribution in [3.8, 4) is 0 Å². The van der Waals surface area contributed by atoms with Gasteiger partial charge in [0.1, 0.15) is 11.6 Å². The summed E-state index contributed by atoms with van der Waals surface area (Å²) in [5.74, 6) is -3.65. The molecule has 6 nitrogen and oxygen atoms in total. The zero-order valence-electron chi connectivity index (χ0n) is 20.2. The maximum atomic E-state index is 13.9. The molecule has 0 aliphatic carbocycles. The third kappa shape index (κ3) is 5.24. The number of hydrogen-bond donors (Lipinski definition) is 2. The first-order valence-electron chi connectivity index (χ1n) is 11.5. The fourth-order valence-corrected chi connectivity index (χ4v) is 4.46. The summed E-state index contributed by atoms with van der Waals surface area (Å²) in [5, 5.41) is 21.3. The maximum absolute atomic E-state index is 13.9. The van der Waals surface area contributed by atoms with Crippen LogP contribution in [-0.2, 0) is 24.4 Å². The van der Waals surface area contributed by atoms with Crippen molar-refractivity contribution < 1.29 is 18.7 Å². The molecule has 0 fully saturated rings. The normalized spacial score (nSPS) is 13.1. The van der Waals surface area contributed by atoms with Crippen molar-refractivity contribution in [2.75, 3.05) is 0 Å². The molecule has 1 atom stereocenters. The monoisotopic (exact) mass is 512 g/mol. The predicted octanol–water partition coefficient (Wildman–Crippen LogP) is 5.47. The molecule has 0 aliphatic rings. The molecule has 2 N–H and O–H groups in total. The van der Waals surface area contributed by atoms with Gasteiger partial charge in [-0.15, -0.1) is 5.10 Å². The second kappa shape index (κ2) is 9.95. The molecule has 0 aliphatic heterocycles. The molecule has 4 rings (SSSR count). The van der Waals surface area contributed by atoms with Crippen LogP contribution in [0, 0.1) is 0 Å². The lowest BCUT2D eigenvalue weighted by Crippen LogP contribution is -2.28. The van der Waals surface area contributed by atoms with E-state index in [2.05, 4.69) is 29.5 Å². The fraction of sp³-hybridized carbons (Fsp3) is 0.296. The molecule has 188 valence electrons. The minimum Gasteiger partial charge on any atom is -0.387 e. The molecule has 0 saturated carbocycles. The quantitative estimate of drug-likeness (QED) is 0.328. The summed E-state index contributed by atoms with van der Waals surface area (Å²) in [4.78, 5) is 12.7. The number of carbonyl (C=O) groups excluding carboxylic acids is 1. The van der Waals surface area contributed by atoms with Gasteiger partial charge < -0.3 is 10.4 Å². The highest BCUT2D eigenvalue weighted by molar-refractivity contribution is 6.31. The Hall–Kier alpha value is -3.36. The highest BCUT2D eigenvalue weighted by atomic mass is 35.5. The number of hydrogen-bond acceptors (Lipinski definition) is 4. The van der Waals surface area contributed by atoms with Gasteiger partial charge in [0, 0.05) is 28.1 Å². The number of amides is 1. The topological polar surface area (TPSA) is 80.0 Å². The van der Waals surface area contributed by atoms with Crippen LogP contribution in [0.4, 0.5) is 8.78 Å². The van der Waals surface area contributed by atoms with E-state index < -0.39 is 12.0 Å². The number of nitrogens with zero attached hydrogens (tertiary/aromatic N) is 3. The Morgan fingerprint density at radius 3 is 2.47 bits per heavy atom. The van der Waals surface area contributed by atoms with Crippen LogP contribution in [0.2, 0.25) is 5.02 Å². The molecule has 9 heteroatoms. The average molecular weight is 513 g/mol. The van der Waals surface area contributed by atoms with E-state index in [0.717, 1.165) is 18.0 Å². The number of nitrogens with one attached hydrogen (secondary N) is 1. The SMILES string of the molecule is C[C@H](O)C(F)(F)c1ccc(CNC(=O)c2ccc3c(c2)nnn3CC(C)(C)c2ccccc2Cl)cc1. The molecule has 0 unspecified atom stereocenters. The third-order valence-electron chi connectivity index (χ3n) is 6.24. The summed E-state index contributed by atoms with van der Waals surface area (Å²) in [7, 11) is 0. The molecule has 3 aromatic carbocycles. The second-order valence-electron chi connectivity index (χ2n) is 9.49. The number of benzene rings is 3. The Labute approximate surface area is 212 Å². The number of carbonyl (C=O) groups is 1. The largest absolute Gasteiger partial charge is 0.387 e. The van der Waals surface area contributed by atoms with Crippen molar-refractivity contribution in [2.45, 2.75) is 51.3 Å². The zero-order valence-corrected chi connectivity index (χ0v) is 20.9. The molecule has 0 spiro atoms. The van der Waals surface area contributed by atoms with E-state index in [4.69, 9.17) is 11.6 Å². The van der Waals surface area contributed by atoms with Crippen LogP contribution in [0.25, 0.3) is 11.0 Å². The summed E-state index contributed by atoms with van der Waals surface area (Å²) in [5.41, 5.74) is 2.87. The Morgan fingerprint density at radius 1 is 1.11 bits per heavy atom. The van der Waals surface area contributed by atoms with E-state index in [1.807, 2.05) is 24.3 Å². The van der Waals surface area contributed by atoms with Gasteiger partial charge in [-0.25, -0.2) is 4.68 Å². The average Bonchev–Trinajstić information content (AvgIpc) is 3.24. The van der Waals surface area contributed by atoms with Crippen molar-refractivity contribution in [2.24, 2.45) is 0 Å². The Kier molecular flexibility index (Phi) is 7.11. The number of rotatable bonds is 8.